The molecule has 0 saturated carbocycles. The molecule has 2 aromatic rings. The Morgan fingerprint density at radius 2 is 1.86 bits per heavy atom. The van der Waals surface area contributed by atoms with Gasteiger partial charge in [-0.1, -0.05) is 0 Å². The molecule has 0 amide bonds. The normalized spacial score (nSPS) is 15.0. The van der Waals surface area contributed by atoms with Crippen LogP contribution in [0.15, 0.2) is 30.6 Å². The van der Waals surface area contributed by atoms with Crippen molar-refractivity contribution in [2.45, 2.75) is 19.3 Å². The molecule has 8 nitrogen and oxygen atoms in total. The van der Waals surface area contributed by atoms with Crippen molar-refractivity contribution in [2.75, 3.05) is 38.8 Å². The molecule has 1 aliphatic heterocycles. The minimum Gasteiger partial charge on any atom is -0.493 e. The second kappa shape index (κ2) is 9.70. The van der Waals surface area contributed by atoms with Crippen LogP contribution in [-0.4, -0.2) is 52.2 Å². The van der Waals surface area contributed by atoms with Crippen LogP contribution < -0.4 is 19.1 Å². The summed E-state index contributed by atoms with van der Waals surface area (Å²) < 4.78 is 34.3. The van der Waals surface area contributed by atoms with Gasteiger partial charge in [-0.2, -0.15) is 0 Å². The zero-order valence-corrected chi connectivity index (χ0v) is 17.0. The Kier molecular flexibility index (Phi) is 7.05. The van der Waals surface area contributed by atoms with Crippen LogP contribution in [0.5, 0.6) is 11.5 Å². The molecule has 152 valence electrons. The summed E-state index contributed by atoms with van der Waals surface area (Å²) in [7, 11) is 0.725. The van der Waals surface area contributed by atoms with Crippen LogP contribution in [0.1, 0.15) is 19.3 Å². The van der Waals surface area contributed by atoms with E-state index in [1.807, 2.05) is 24.3 Å². The van der Waals surface area contributed by atoms with Gasteiger partial charge in [0.1, 0.15) is 12.1 Å². The molecule has 0 unspecified atom stereocenters. The molecule has 28 heavy (non-hydrogen) atoms. The van der Waals surface area contributed by atoms with Gasteiger partial charge in [-0.25, -0.2) is 23.1 Å². The molecule has 3 rings (SSSR count). The number of methoxy groups -OCH3 is 2. The zero-order valence-electron chi connectivity index (χ0n) is 16.1. The molecule has 1 aliphatic rings. The van der Waals surface area contributed by atoms with Gasteiger partial charge in [0.05, 0.1) is 19.9 Å². The maximum Gasteiger partial charge on any atom is 0.201 e. The van der Waals surface area contributed by atoms with E-state index in [1.165, 1.54) is 0 Å². The Hall–Kier alpha value is -2.39. The van der Waals surface area contributed by atoms with Crippen molar-refractivity contribution in [1.82, 2.24) is 14.7 Å². The number of hydrogen-bond donors (Lipinski definition) is 2. The van der Waals surface area contributed by atoms with Crippen LogP contribution in [-0.2, 0) is 10.9 Å². The summed E-state index contributed by atoms with van der Waals surface area (Å²) in [6, 6.07) is 7.72. The van der Waals surface area contributed by atoms with Crippen LogP contribution in [0.25, 0.3) is 11.3 Å². The molecule has 0 spiro atoms. The van der Waals surface area contributed by atoms with Gasteiger partial charge in [-0.05, 0) is 43.4 Å². The quantitative estimate of drug-likeness (QED) is 0.647. The van der Waals surface area contributed by atoms with Gasteiger partial charge in [-0.15, -0.1) is 0 Å². The van der Waals surface area contributed by atoms with Crippen molar-refractivity contribution in [3.63, 3.8) is 0 Å². The summed E-state index contributed by atoms with van der Waals surface area (Å²) in [5, 5.41) is 0. The molecule has 0 aliphatic carbocycles. The van der Waals surface area contributed by atoms with Gasteiger partial charge in [0, 0.05) is 31.3 Å². The van der Waals surface area contributed by atoms with E-state index in [0.717, 1.165) is 49.4 Å². The zero-order chi connectivity index (χ0) is 19.9. The average Bonchev–Trinajstić information content (AvgIpc) is 2.73. The molecule has 9 heteroatoms. The number of benzene rings is 1. The highest BCUT2D eigenvalue weighted by Gasteiger charge is 2.20. The molecule has 1 saturated heterocycles. The Bertz CT molecular complexity index is 859. The van der Waals surface area contributed by atoms with Gasteiger partial charge in [0.25, 0.3) is 0 Å². The first-order valence-electron chi connectivity index (χ1n) is 9.28. The minimum atomic E-state index is -2.50. The van der Waals surface area contributed by atoms with E-state index in [4.69, 9.17) is 9.47 Å². The summed E-state index contributed by atoms with van der Waals surface area (Å²) in [5.41, 5.74) is 1.77. The second-order valence-electron chi connectivity index (χ2n) is 6.72. The number of aromatic nitrogens is 2. The van der Waals surface area contributed by atoms with Crippen molar-refractivity contribution >= 4 is 16.7 Å². The highest BCUT2D eigenvalue weighted by atomic mass is 32.2. The molecule has 1 N–H and O–H groups in total. The molecular formula is C19H26N4O4S. The smallest absolute Gasteiger partial charge is 0.201 e. The Balaban J connectivity index is 1.66. The fraction of sp³-hybridized carbons (Fsp3) is 0.474. The number of nitrogens with one attached hydrogen (secondary N) is 1. The monoisotopic (exact) mass is 406 g/mol. The molecule has 1 fully saturated rings. The fourth-order valence-electron chi connectivity index (χ4n) is 3.48. The molecule has 1 aromatic heterocycles. The third-order valence-electron chi connectivity index (χ3n) is 5.06. The molecule has 1 aromatic carbocycles. The van der Waals surface area contributed by atoms with E-state index < -0.39 is 10.9 Å². The van der Waals surface area contributed by atoms with Gasteiger partial charge < -0.3 is 14.4 Å². The summed E-state index contributed by atoms with van der Waals surface area (Å²) in [5.74, 6) is 2.78. The van der Waals surface area contributed by atoms with Crippen LogP contribution >= 0.6 is 0 Å². The van der Waals surface area contributed by atoms with E-state index >= 15 is 0 Å². The molecule has 2 heterocycles. The van der Waals surface area contributed by atoms with Crippen LogP contribution in [0.3, 0.4) is 0 Å². The van der Waals surface area contributed by atoms with E-state index in [1.54, 1.807) is 20.5 Å². The number of thiol groups is 1. The number of ether oxygens (including phenoxy) is 2. The lowest BCUT2D eigenvalue weighted by atomic mass is 9.93. The molecule has 0 bridgehead atoms. The lowest BCUT2D eigenvalue weighted by Gasteiger charge is -2.32. The Morgan fingerprint density at radius 3 is 2.54 bits per heavy atom. The fourth-order valence-corrected chi connectivity index (χ4v) is 3.80. The van der Waals surface area contributed by atoms with Crippen molar-refractivity contribution in [3.8, 4) is 22.8 Å². The summed E-state index contributed by atoms with van der Waals surface area (Å²) in [6.07, 6.45) is 4.50. The minimum absolute atomic E-state index is 0.514. The molecule has 0 atom stereocenters. The van der Waals surface area contributed by atoms with Gasteiger partial charge in [-0.3, -0.25) is 0 Å². The SMILES string of the molecule is COc1ccc(-c2cc(N3CCC(CCN[SH](=O)=O)CC3)ncn2)cc1OC. The van der Waals surface area contributed by atoms with Crippen molar-refractivity contribution in [1.29, 1.82) is 0 Å². The summed E-state index contributed by atoms with van der Waals surface area (Å²) in [6.45, 7) is 2.31. The number of anilines is 1. The summed E-state index contributed by atoms with van der Waals surface area (Å²) in [4.78, 5) is 11.1. The van der Waals surface area contributed by atoms with Crippen LogP contribution in [0.2, 0.25) is 0 Å². The first-order valence-corrected chi connectivity index (χ1v) is 10.5. The summed E-state index contributed by atoms with van der Waals surface area (Å²) >= 11 is 0. The predicted octanol–water partition coefficient (Wildman–Crippen LogP) is 1.88. The number of piperidine rings is 1. The second-order valence-corrected chi connectivity index (χ2v) is 7.55. The van der Waals surface area contributed by atoms with E-state index in [9.17, 15) is 8.42 Å². The Labute approximate surface area is 167 Å². The number of rotatable bonds is 8. The van der Waals surface area contributed by atoms with Crippen molar-refractivity contribution < 1.29 is 17.9 Å². The third-order valence-corrected chi connectivity index (χ3v) is 5.55. The standard InChI is InChI=1S/C19H26N4O4S/c1-26-17-4-3-15(11-18(17)27-2)16-12-19(21-13-20-16)23-9-6-14(7-10-23)5-8-22-28(24)25/h3-4,11-14,28H,5-10H2,1-2H3,(H,22,24,25). The first-order chi connectivity index (χ1) is 13.6. The van der Waals surface area contributed by atoms with Gasteiger partial charge in [0.15, 0.2) is 11.5 Å². The first kappa shape index (κ1) is 20.3. The highest BCUT2D eigenvalue weighted by molar-refractivity contribution is 7.70. The van der Waals surface area contributed by atoms with Gasteiger partial charge >= 0.3 is 0 Å². The molecule has 0 radical (unpaired) electrons. The van der Waals surface area contributed by atoms with Gasteiger partial charge in [0.2, 0.25) is 10.9 Å². The molecular weight excluding hydrogens is 380 g/mol. The van der Waals surface area contributed by atoms with E-state index in [0.29, 0.717) is 24.0 Å². The lowest BCUT2D eigenvalue weighted by Crippen LogP contribution is -2.35. The van der Waals surface area contributed by atoms with Crippen LogP contribution in [0.4, 0.5) is 5.82 Å². The van der Waals surface area contributed by atoms with E-state index in [-0.39, 0.29) is 0 Å². The van der Waals surface area contributed by atoms with E-state index in [2.05, 4.69) is 19.6 Å². The number of hydrogen-bond acceptors (Lipinski definition) is 7. The maximum atomic E-state index is 10.6. The maximum absolute atomic E-state index is 10.6. The Morgan fingerprint density at radius 1 is 1.11 bits per heavy atom. The van der Waals surface area contributed by atoms with Crippen LogP contribution in [0, 0.1) is 5.92 Å². The topological polar surface area (TPSA) is 93.7 Å². The number of nitrogens with zero attached hydrogens (tertiary/aromatic N) is 3. The predicted molar refractivity (Wildman–Crippen MR) is 108 cm³/mol. The van der Waals surface area contributed by atoms with Crippen molar-refractivity contribution in [2.24, 2.45) is 5.92 Å². The largest absolute Gasteiger partial charge is 0.493 e. The van der Waals surface area contributed by atoms with Crippen molar-refractivity contribution in [3.05, 3.63) is 30.6 Å². The highest BCUT2D eigenvalue weighted by Crippen LogP contribution is 2.32. The lowest BCUT2D eigenvalue weighted by molar-refractivity contribution is 0.355. The third kappa shape index (κ3) is 5.11. The average molecular weight is 407 g/mol.